The lowest BCUT2D eigenvalue weighted by Gasteiger charge is -2.39. The topological polar surface area (TPSA) is 21.3 Å². The van der Waals surface area contributed by atoms with Crippen molar-refractivity contribution in [1.29, 1.82) is 0 Å². The Balaban J connectivity index is 1.60. The molecule has 2 nitrogen and oxygen atoms in total. The summed E-state index contributed by atoms with van der Waals surface area (Å²) in [6.45, 7) is 3.14. The molecule has 20 heavy (non-hydrogen) atoms. The quantitative estimate of drug-likeness (QED) is 0.887. The van der Waals surface area contributed by atoms with Crippen LogP contribution in [0.5, 0.6) is 0 Å². The van der Waals surface area contributed by atoms with Crippen LogP contribution in [0.4, 0.5) is 0 Å². The highest BCUT2D eigenvalue weighted by Gasteiger charge is 2.40. The Kier molecular flexibility index (Phi) is 4.34. The van der Waals surface area contributed by atoms with Crippen LogP contribution in [0.2, 0.25) is 5.02 Å². The Morgan fingerprint density at radius 3 is 2.65 bits per heavy atom. The summed E-state index contributed by atoms with van der Waals surface area (Å²) in [5, 5.41) is 4.59. The van der Waals surface area contributed by atoms with Crippen molar-refractivity contribution in [3.63, 3.8) is 0 Å². The minimum atomic E-state index is 0.190. The zero-order valence-corrected chi connectivity index (χ0v) is 13.0. The third-order valence-corrected chi connectivity index (χ3v) is 5.12. The normalized spacial score (nSPS) is 26.8. The van der Waals surface area contributed by atoms with Crippen LogP contribution >= 0.6 is 11.6 Å². The molecule has 0 amide bonds. The monoisotopic (exact) mass is 293 g/mol. The fraction of sp³-hybridized carbons (Fsp3) is 0.647. The number of ether oxygens (including phenoxy) is 1. The summed E-state index contributed by atoms with van der Waals surface area (Å²) in [5.74, 6) is 0. The zero-order valence-electron chi connectivity index (χ0n) is 12.2. The van der Waals surface area contributed by atoms with Gasteiger partial charge in [0.05, 0.1) is 5.60 Å². The molecule has 0 aromatic heterocycles. The van der Waals surface area contributed by atoms with Gasteiger partial charge in [-0.1, -0.05) is 36.6 Å². The first-order valence-electron chi connectivity index (χ1n) is 7.82. The number of nitrogens with one attached hydrogen (secondary N) is 1. The summed E-state index contributed by atoms with van der Waals surface area (Å²) >= 11 is 5.95. The predicted molar refractivity (Wildman–Crippen MR) is 83.2 cm³/mol. The molecule has 3 rings (SSSR count). The molecule has 1 saturated carbocycles. The van der Waals surface area contributed by atoms with Gasteiger partial charge in [0.25, 0.3) is 0 Å². The largest absolute Gasteiger partial charge is 0.375 e. The van der Waals surface area contributed by atoms with E-state index in [4.69, 9.17) is 16.3 Å². The second-order valence-electron chi connectivity index (χ2n) is 6.37. The second kappa shape index (κ2) is 6.05. The lowest BCUT2D eigenvalue weighted by Crippen LogP contribution is -2.46. The van der Waals surface area contributed by atoms with Crippen LogP contribution < -0.4 is 5.32 Å². The molecule has 2 fully saturated rings. The van der Waals surface area contributed by atoms with Crippen molar-refractivity contribution < 1.29 is 4.74 Å². The first-order valence-corrected chi connectivity index (χ1v) is 8.20. The molecular weight excluding hydrogens is 270 g/mol. The van der Waals surface area contributed by atoms with E-state index in [0.717, 1.165) is 18.1 Å². The fourth-order valence-corrected chi connectivity index (χ4v) is 3.87. The van der Waals surface area contributed by atoms with E-state index in [9.17, 15) is 0 Å². The zero-order chi connectivity index (χ0) is 14.0. The van der Waals surface area contributed by atoms with Crippen LogP contribution in [0.3, 0.4) is 0 Å². The molecule has 2 atom stereocenters. The summed E-state index contributed by atoms with van der Waals surface area (Å²) < 4.78 is 6.10. The van der Waals surface area contributed by atoms with Crippen LogP contribution in [0.1, 0.15) is 57.1 Å². The van der Waals surface area contributed by atoms with E-state index >= 15 is 0 Å². The second-order valence-corrected chi connectivity index (χ2v) is 6.80. The number of rotatable bonds is 3. The van der Waals surface area contributed by atoms with Gasteiger partial charge in [0.15, 0.2) is 0 Å². The highest BCUT2D eigenvalue weighted by molar-refractivity contribution is 6.30. The molecule has 1 saturated heterocycles. The van der Waals surface area contributed by atoms with Gasteiger partial charge in [-0.15, -0.1) is 0 Å². The van der Waals surface area contributed by atoms with Crippen molar-refractivity contribution in [2.24, 2.45) is 0 Å². The Morgan fingerprint density at radius 1 is 1.25 bits per heavy atom. The molecule has 1 spiro atoms. The number of hydrogen-bond acceptors (Lipinski definition) is 2. The van der Waals surface area contributed by atoms with Gasteiger partial charge in [-0.05, 0) is 50.3 Å². The summed E-state index contributed by atoms with van der Waals surface area (Å²) in [6, 6.07) is 9.12. The maximum Gasteiger partial charge on any atom is 0.0697 e. The van der Waals surface area contributed by atoms with Gasteiger partial charge in [0, 0.05) is 23.7 Å². The highest BCUT2D eigenvalue weighted by atomic mass is 35.5. The molecule has 1 N–H and O–H groups in total. The maximum absolute atomic E-state index is 6.10. The molecule has 1 aromatic carbocycles. The lowest BCUT2D eigenvalue weighted by atomic mass is 9.88. The van der Waals surface area contributed by atoms with Crippen molar-refractivity contribution in [1.82, 2.24) is 5.32 Å². The van der Waals surface area contributed by atoms with Crippen molar-refractivity contribution in [3.05, 3.63) is 34.9 Å². The van der Waals surface area contributed by atoms with Crippen molar-refractivity contribution in [3.8, 4) is 0 Å². The SMILES string of the molecule is C[C@@H](NC1CCOC2(CCCC2)C1)c1ccc(Cl)cc1. The predicted octanol–water partition coefficient (Wildman–Crippen LogP) is 4.48. The van der Waals surface area contributed by atoms with Gasteiger partial charge >= 0.3 is 0 Å². The molecule has 0 bridgehead atoms. The Morgan fingerprint density at radius 2 is 1.95 bits per heavy atom. The first kappa shape index (κ1) is 14.4. The van der Waals surface area contributed by atoms with Crippen molar-refractivity contribution in [2.75, 3.05) is 6.61 Å². The van der Waals surface area contributed by atoms with Gasteiger partial charge < -0.3 is 10.1 Å². The van der Waals surface area contributed by atoms with Gasteiger partial charge in [-0.2, -0.15) is 0 Å². The van der Waals surface area contributed by atoms with Gasteiger partial charge in [-0.25, -0.2) is 0 Å². The van der Waals surface area contributed by atoms with Gasteiger partial charge in [-0.3, -0.25) is 0 Å². The van der Waals surface area contributed by atoms with Crippen molar-refractivity contribution >= 4 is 11.6 Å². The molecule has 1 heterocycles. The van der Waals surface area contributed by atoms with E-state index in [1.54, 1.807) is 0 Å². The van der Waals surface area contributed by atoms with Crippen LogP contribution in [0.15, 0.2) is 24.3 Å². The summed E-state index contributed by atoms with van der Waals surface area (Å²) in [5.41, 5.74) is 1.50. The van der Waals surface area contributed by atoms with Crippen LogP contribution in [0.25, 0.3) is 0 Å². The third-order valence-electron chi connectivity index (χ3n) is 4.86. The Bertz CT molecular complexity index is 439. The van der Waals surface area contributed by atoms with E-state index in [1.807, 2.05) is 12.1 Å². The Labute approximate surface area is 126 Å². The Hall–Kier alpha value is -0.570. The molecule has 1 aromatic rings. The highest BCUT2D eigenvalue weighted by Crippen LogP contribution is 2.40. The number of benzene rings is 1. The molecular formula is C17H24ClNO. The summed E-state index contributed by atoms with van der Waals surface area (Å²) in [4.78, 5) is 0. The van der Waals surface area contributed by atoms with E-state index in [-0.39, 0.29) is 5.60 Å². The van der Waals surface area contributed by atoms with E-state index in [2.05, 4.69) is 24.4 Å². The summed E-state index contributed by atoms with van der Waals surface area (Å²) in [7, 11) is 0. The van der Waals surface area contributed by atoms with Crippen molar-refractivity contribution in [2.45, 2.75) is 63.1 Å². The number of halogens is 1. The minimum absolute atomic E-state index is 0.190. The number of hydrogen-bond donors (Lipinski definition) is 1. The van der Waals surface area contributed by atoms with Gasteiger partial charge in [0.2, 0.25) is 0 Å². The molecule has 3 heteroatoms. The van der Waals surface area contributed by atoms with Crippen LogP contribution in [-0.4, -0.2) is 18.2 Å². The lowest BCUT2D eigenvalue weighted by molar-refractivity contribution is -0.0846. The first-order chi connectivity index (χ1) is 9.67. The maximum atomic E-state index is 6.10. The molecule has 1 aliphatic heterocycles. The van der Waals surface area contributed by atoms with E-state index < -0.39 is 0 Å². The standard InChI is InChI=1S/C17H24ClNO/c1-13(14-4-6-15(18)7-5-14)19-16-8-11-20-17(12-16)9-2-3-10-17/h4-7,13,16,19H,2-3,8-12H2,1H3/t13-,16?/m1/s1. The smallest absolute Gasteiger partial charge is 0.0697 e. The minimum Gasteiger partial charge on any atom is -0.375 e. The average Bonchev–Trinajstić information content (AvgIpc) is 2.87. The summed E-state index contributed by atoms with van der Waals surface area (Å²) in [6.07, 6.45) is 7.46. The average molecular weight is 294 g/mol. The molecule has 1 aliphatic carbocycles. The van der Waals surface area contributed by atoms with E-state index in [1.165, 1.54) is 37.7 Å². The molecule has 0 radical (unpaired) electrons. The van der Waals surface area contributed by atoms with Crippen LogP contribution in [0, 0.1) is 0 Å². The molecule has 2 aliphatic rings. The van der Waals surface area contributed by atoms with E-state index in [0.29, 0.717) is 12.1 Å². The van der Waals surface area contributed by atoms with Crippen LogP contribution in [-0.2, 0) is 4.74 Å². The molecule has 1 unspecified atom stereocenters. The van der Waals surface area contributed by atoms with Gasteiger partial charge in [0.1, 0.15) is 0 Å². The fourth-order valence-electron chi connectivity index (χ4n) is 3.74. The molecule has 110 valence electrons. The third kappa shape index (κ3) is 3.19.